The summed E-state index contributed by atoms with van der Waals surface area (Å²) in [5.74, 6) is 1.08. The maximum Gasteiger partial charge on any atom is 0.0542 e. The predicted octanol–water partition coefficient (Wildman–Crippen LogP) is 2.05. The van der Waals surface area contributed by atoms with Crippen molar-refractivity contribution in [3.8, 4) is 0 Å². The van der Waals surface area contributed by atoms with E-state index in [1.165, 1.54) is 0 Å². The Bertz CT molecular complexity index is 59.0. The van der Waals surface area contributed by atoms with Gasteiger partial charge in [-0.3, -0.25) is 0 Å². The fourth-order valence-corrected chi connectivity index (χ4v) is 1.37. The first-order valence-corrected chi connectivity index (χ1v) is 3.77. The van der Waals surface area contributed by atoms with Gasteiger partial charge in [0.15, 0.2) is 0 Å². The second-order valence-corrected chi connectivity index (χ2v) is 3.06. The summed E-state index contributed by atoms with van der Waals surface area (Å²) in [6, 6.07) is 0. The van der Waals surface area contributed by atoms with Gasteiger partial charge in [0.1, 0.15) is 0 Å². The maximum absolute atomic E-state index is 9.18. The summed E-state index contributed by atoms with van der Waals surface area (Å²) in [6.45, 7) is 8.30. The summed E-state index contributed by atoms with van der Waals surface area (Å²) in [5.41, 5.74) is 0. The van der Waals surface area contributed by atoms with Gasteiger partial charge in [0.25, 0.3) is 0 Å². The Kier molecular flexibility index (Phi) is 3.87. The zero-order valence-corrected chi connectivity index (χ0v) is 6.89. The van der Waals surface area contributed by atoms with E-state index < -0.39 is 0 Å². The highest BCUT2D eigenvalue weighted by Crippen LogP contribution is 2.18. The smallest absolute Gasteiger partial charge is 0.0542 e. The molecule has 0 rings (SSSR count). The van der Waals surface area contributed by atoms with Gasteiger partial charge in [-0.15, -0.1) is 0 Å². The number of rotatable bonds is 3. The van der Waals surface area contributed by atoms with E-state index in [4.69, 9.17) is 0 Å². The van der Waals surface area contributed by atoms with Gasteiger partial charge in [-0.1, -0.05) is 27.2 Å². The van der Waals surface area contributed by atoms with Crippen LogP contribution in [0.15, 0.2) is 0 Å². The van der Waals surface area contributed by atoms with Crippen LogP contribution in [0.4, 0.5) is 0 Å². The Morgan fingerprint density at radius 1 is 1.22 bits per heavy atom. The van der Waals surface area contributed by atoms with E-state index in [-0.39, 0.29) is 6.10 Å². The lowest BCUT2D eigenvalue weighted by Gasteiger charge is -2.21. The predicted molar refractivity (Wildman–Crippen MR) is 40.3 cm³/mol. The van der Waals surface area contributed by atoms with Crippen molar-refractivity contribution in [1.82, 2.24) is 0 Å². The normalized spacial score (nSPS) is 18.0. The molecule has 2 atom stereocenters. The van der Waals surface area contributed by atoms with Crippen molar-refractivity contribution < 1.29 is 5.11 Å². The van der Waals surface area contributed by atoms with Crippen molar-refractivity contribution in [3.63, 3.8) is 0 Å². The van der Waals surface area contributed by atoms with Gasteiger partial charge < -0.3 is 5.11 Å². The fourth-order valence-electron chi connectivity index (χ4n) is 1.37. The molecule has 0 aromatic heterocycles. The Labute approximate surface area is 58.1 Å². The molecule has 1 heteroatoms. The van der Waals surface area contributed by atoms with Gasteiger partial charge in [0.2, 0.25) is 0 Å². The molecule has 0 aliphatic heterocycles. The van der Waals surface area contributed by atoms with E-state index in [0.29, 0.717) is 11.8 Å². The maximum atomic E-state index is 9.18. The average Bonchev–Trinajstić information content (AvgIpc) is 1.64. The zero-order valence-electron chi connectivity index (χ0n) is 6.89. The molecule has 0 aliphatic carbocycles. The second-order valence-electron chi connectivity index (χ2n) is 3.06. The molecule has 1 unspecified atom stereocenters. The number of hydrogen-bond acceptors (Lipinski definition) is 1. The second kappa shape index (κ2) is 3.89. The van der Waals surface area contributed by atoms with Crippen LogP contribution in [-0.4, -0.2) is 11.2 Å². The van der Waals surface area contributed by atoms with E-state index in [9.17, 15) is 5.11 Å². The minimum Gasteiger partial charge on any atom is -0.393 e. The molecule has 0 spiro atoms. The van der Waals surface area contributed by atoms with Gasteiger partial charge in [-0.05, 0) is 18.8 Å². The van der Waals surface area contributed by atoms with Gasteiger partial charge in [-0.2, -0.15) is 0 Å². The summed E-state index contributed by atoms with van der Waals surface area (Å²) in [5, 5.41) is 9.18. The van der Waals surface area contributed by atoms with Gasteiger partial charge in [0.05, 0.1) is 6.10 Å². The molecule has 9 heavy (non-hydrogen) atoms. The van der Waals surface area contributed by atoms with Gasteiger partial charge in [0, 0.05) is 0 Å². The first-order chi connectivity index (χ1) is 4.09. The summed E-state index contributed by atoms with van der Waals surface area (Å²) < 4.78 is 0. The highest BCUT2D eigenvalue weighted by Gasteiger charge is 2.15. The summed E-state index contributed by atoms with van der Waals surface area (Å²) in [4.78, 5) is 0. The lowest BCUT2D eigenvalue weighted by Crippen LogP contribution is -2.20. The summed E-state index contributed by atoms with van der Waals surface area (Å²) in [6.07, 6.45) is 0.935. The van der Waals surface area contributed by atoms with Crippen molar-refractivity contribution in [1.29, 1.82) is 0 Å². The number of aliphatic hydroxyl groups is 1. The molecule has 0 aromatic rings. The molecule has 1 N–H and O–H groups in total. The molecule has 0 bridgehead atoms. The molecule has 0 aliphatic rings. The standard InChI is InChI=1S/C8H18O/c1-5-8(6(2)3)7(4)9/h6-9H,5H2,1-4H3/t7-,8?/m0/s1. The molecule has 0 saturated heterocycles. The zero-order chi connectivity index (χ0) is 7.44. The van der Waals surface area contributed by atoms with Crippen molar-refractivity contribution in [3.05, 3.63) is 0 Å². The molecule has 0 heterocycles. The highest BCUT2D eigenvalue weighted by molar-refractivity contribution is 4.65. The molecule has 0 radical (unpaired) electrons. The van der Waals surface area contributed by atoms with Gasteiger partial charge in [-0.25, -0.2) is 0 Å². The first-order valence-electron chi connectivity index (χ1n) is 3.77. The Morgan fingerprint density at radius 3 is 1.67 bits per heavy atom. The van der Waals surface area contributed by atoms with Crippen LogP contribution < -0.4 is 0 Å². The van der Waals surface area contributed by atoms with Crippen molar-refractivity contribution in [2.75, 3.05) is 0 Å². The molecular formula is C8H18O. The summed E-state index contributed by atoms with van der Waals surface area (Å²) in [7, 11) is 0. The average molecular weight is 130 g/mol. The molecular weight excluding hydrogens is 112 g/mol. The Morgan fingerprint density at radius 2 is 1.67 bits per heavy atom. The van der Waals surface area contributed by atoms with Crippen LogP contribution in [0.1, 0.15) is 34.1 Å². The number of hydrogen-bond donors (Lipinski definition) is 1. The van der Waals surface area contributed by atoms with Crippen molar-refractivity contribution in [2.45, 2.75) is 40.2 Å². The lowest BCUT2D eigenvalue weighted by atomic mass is 9.89. The van der Waals surface area contributed by atoms with Crippen LogP contribution in [0.2, 0.25) is 0 Å². The third kappa shape index (κ3) is 2.85. The SMILES string of the molecule is CCC(C(C)C)[C@H](C)O. The monoisotopic (exact) mass is 130 g/mol. The highest BCUT2D eigenvalue weighted by atomic mass is 16.3. The Balaban J connectivity index is 3.68. The third-order valence-corrected chi connectivity index (χ3v) is 1.95. The Hall–Kier alpha value is -0.0400. The van der Waals surface area contributed by atoms with Gasteiger partial charge >= 0.3 is 0 Å². The minimum atomic E-state index is -0.144. The van der Waals surface area contributed by atoms with Crippen LogP contribution in [0, 0.1) is 11.8 Å². The quantitative estimate of drug-likeness (QED) is 0.620. The molecule has 0 fully saturated rings. The third-order valence-electron chi connectivity index (χ3n) is 1.95. The summed E-state index contributed by atoms with van der Waals surface area (Å²) >= 11 is 0. The first kappa shape index (κ1) is 8.96. The topological polar surface area (TPSA) is 20.2 Å². The van der Waals surface area contributed by atoms with Crippen LogP contribution in [-0.2, 0) is 0 Å². The van der Waals surface area contributed by atoms with E-state index in [0.717, 1.165) is 6.42 Å². The van der Waals surface area contributed by atoms with Crippen LogP contribution in [0.3, 0.4) is 0 Å². The van der Waals surface area contributed by atoms with E-state index in [1.54, 1.807) is 0 Å². The van der Waals surface area contributed by atoms with E-state index >= 15 is 0 Å². The fraction of sp³-hybridized carbons (Fsp3) is 1.00. The van der Waals surface area contributed by atoms with Crippen LogP contribution >= 0.6 is 0 Å². The van der Waals surface area contributed by atoms with Crippen LogP contribution in [0.5, 0.6) is 0 Å². The van der Waals surface area contributed by atoms with E-state index in [2.05, 4.69) is 20.8 Å². The van der Waals surface area contributed by atoms with E-state index in [1.807, 2.05) is 6.92 Å². The largest absolute Gasteiger partial charge is 0.393 e. The van der Waals surface area contributed by atoms with Crippen molar-refractivity contribution >= 4 is 0 Å². The molecule has 0 amide bonds. The van der Waals surface area contributed by atoms with Crippen molar-refractivity contribution in [2.24, 2.45) is 11.8 Å². The minimum absolute atomic E-state index is 0.144. The molecule has 0 aromatic carbocycles. The molecule has 1 nitrogen and oxygen atoms in total. The molecule has 0 saturated carbocycles. The number of aliphatic hydroxyl groups excluding tert-OH is 1. The lowest BCUT2D eigenvalue weighted by molar-refractivity contribution is 0.0952. The molecule has 56 valence electrons. The van der Waals surface area contributed by atoms with Crippen LogP contribution in [0.25, 0.3) is 0 Å².